The molecule has 2 unspecified atom stereocenters. The van der Waals surface area contributed by atoms with E-state index in [2.05, 4.69) is 12.2 Å². The topological polar surface area (TPSA) is 30.5 Å². The molecule has 4 heteroatoms. The lowest BCUT2D eigenvalue weighted by Crippen LogP contribution is -2.37. The van der Waals surface area contributed by atoms with E-state index in [1.807, 2.05) is 18.2 Å². The first-order chi connectivity index (χ1) is 9.74. The number of nitrogens with one attached hydrogen (secondary N) is 1. The molecular weight excluding hydrogens is 274 g/mol. The molecule has 2 rings (SSSR count). The Bertz CT molecular complexity index is 425. The van der Waals surface area contributed by atoms with Gasteiger partial charge in [-0.1, -0.05) is 31.4 Å². The molecule has 0 spiro atoms. The summed E-state index contributed by atoms with van der Waals surface area (Å²) >= 11 is 6.11. The van der Waals surface area contributed by atoms with Crippen LogP contribution in [-0.4, -0.2) is 25.9 Å². The van der Waals surface area contributed by atoms with Gasteiger partial charge in [0.2, 0.25) is 0 Å². The molecule has 0 bridgehead atoms. The first-order valence-corrected chi connectivity index (χ1v) is 7.84. The van der Waals surface area contributed by atoms with Crippen molar-refractivity contribution in [2.24, 2.45) is 0 Å². The smallest absolute Gasteiger partial charge is 0.142 e. The van der Waals surface area contributed by atoms with Crippen molar-refractivity contribution in [3.8, 4) is 5.75 Å². The van der Waals surface area contributed by atoms with Gasteiger partial charge < -0.3 is 14.8 Å². The fourth-order valence-corrected chi connectivity index (χ4v) is 2.87. The highest BCUT2D eigenvalue weighted by Crippen LogP contribution is 2.32. The van der Waals surface area contributed by atoms with Gasteiger partial charge in [-0.25, -0.2) is 0 Å². The minimum atomic E-state index is 0.266. The summed E-state index contributed by atoms with van der Waals surface area (Å²) in [6.45, 7) is 2.82. The lowest BCUT2D eigenvalue weighted by Gasteiger charge is -2.32. The van der Waals surface area contributed by atoms with E-state index < -0.39 is 0 Å². The average molecular weight is 298 g/mol. The van der Waals surface area contributed by atoms with Crippen LogP contribution in [0.3, 0.4) is 0 Å². The Labute approximate surface area is 126 Å². The normalized spacial score (nSPS) is 22.6. The zero-order chi connectivity index (χ0) is 14.4. The lowest BCUT2D eigenvalue weighted by molar-refractivity contribution is 0.0605. The van der Waals surface area contributed by atoms with Gasteiger partial charge in [-0.3, -0.25) is 0 Å². The second-order valence-electron chi connectivity index (χ2n) is 5.30. The first-order valence-electron chi connectivity index (χ1n) is 7.46. The Morgan fingerprint density at radius 2 is 2.10 bits per heavy atom. The third-order valence-electron chi connectivity index (χ3n) is 3.75. The van der Waals surface area contributed by atoms with Gasteiger partial charge in [-0.2, -0.15) is 0 Å². The molecule has 0 saturated heterocycles. The standard InChI is InChI=1S/C16H24ClNO2/c1-3-10-20-16-9-8-12(17)11-14(16)18-13-6-4-5-7-15(13)19-2/h8-9,11,13,15,18H,3-7,10H2,1-2H3. The van der Waals surface area contributed by atoms with Crippen molar-refractivity contribution in [2.75, 3.05) is 19.0 Å². The Morgan fingerprint density at radius 1 is 1.30 bits per heavy atom. The summed E-state index contributed by atoms with van der Waals surface area (Å²) in [6, 6.07) is 6.07. The monoisotopic (exact) mass is 297 g/mol. The second kappa shape index (κ2) is 7.75. The Hall–Kier alpha value is -0.930. The molecule has 112 valence electrons. The SMILES string of the molecule is CCCOc1ccc(Cl)cc1NC1CCCCC1OC. The highest BCUT2D eigenvalue weighted by molar-refractivity contribution is 6.30. The van der Waals surface area contributed by atoms with Crippen molar-refractivity contribution >= 4 is 17.3 Å². The van der Waals surface area contributed by atoms with E-state index in [0.717, 1.165) is 35.7 Å². The maximum absolute atomic E-state index is 6.11. The van der Waals surface area contributed by atoms with Crippen molar-refractivity contribution in [2.45, 2.75) is 51.2 Å². The fraction of sp³-hybridized carbons (Fsp3) is 0.625. The number of ether oxygens (including phenoxy) is 2. The van der Waals surface area contributed by atoms with Crippen LogP contribution in [0.1, 0.15) is 39.0 Å². The van der Waals surface area contributed by atoms with Crippen molar-refractivity contribution in [3.05, 3.63) is 23.2 Å². The number of methoxy groups -OCH3 is 1. The van der Waals surface area contributed by atoms with E-state index in [-0.39, 0.29) is 6.10 Å². The van der Waals surface area contributed by atoms with Crippen LogP contribution < -0.4 is 10.1 Å². The Balaban J connectivity index is 2.11. The zero-order valence-corrected chi connectivity index (χ0v) is 13.1. The minimum absolute atomic E-state index is 0.266. The van der Waals surface area contributed by atoms with Gasteiger partial charge in [0.1, 0.15) is 5.75 Å². The predicted molar refractivity (Wildman–Crippen MR) is 83.9 cm³/mol. The molecule has 1 aromatic carbocycles. The number of benzene rings is 1. The molecule has 1 N–H and O–H groups in total. The Kier molecular flexibility index (Phi) is 5.99. The quantitative estimate of drug-likeness (QED) is 0.838. The van der Waals surface area contributed by atoms with Crippen LogP contribution in [0, 0.1) is 0 Å². The average Bonchev–Trinajstić information content (AvgIpc) is 2.47. The maximum atomic E-state index is 6.11. The van der Waals surface area contributed by atoms with E-state index in [1.165, 1.54) is 12.8 Å². The molecular formula is C16H24ClNO2. The summed E-state index contributed by atoms with van der Waals surface area (Å²) in [5.41, 5.74) is 0.972. The van der Waals surface area contributed by atoms with E-state index in [0.29, 0.717) is 12.6 Å². The largest absolute Gasteiger partial charge is 0.491 e. The third kappa shape index (κ3) is 4.03. The van der Waals surface area contributed by atoms with E-state index in [9.17, 15) is 0 Å². The number of anilines is 1. The van der Waals surface area contributed by atoms with E-state index >= 15 is 0 Å². The van der Waals surface area contributed by atoms with Crippen LogP contribution >= 0.6 is 11.6 Å². The van der Waals surface area contributed by atoms with Gasteiger partial charge in [0.25, 0.3) is 0 Å². The summed E-state index contributed by atoms with van der Waals surface area (Å²) < 4.78 is 11.4. The van der Waals surface area contributed by atoms with Crippen molar-refractivity contribution in [1.29, 1.82) is 0 Å². The van der Waals surface area contributed by atoms with Crippen LogP contribution in [0.25, 0.3) is 0 Å². The minimum Gasteiger partial charge on any atom is -0.491 e. The van der Waals surface area contributed by atoms with Gasteiger partial charge in [0.05, 0.1) is 24.4 Å². The molecule has 1 aliphatic rings. The van der Waals surface area contributed by atoms with Crippen LogP contribution in [0.2, 0.25) is 5.02 Å². The summed E-state index contributed by atoms with van der Waals surface area (Å²) in [7, 11) is 1.79. The van der Waals surface area contributed by atoms with Gasteiger partial charge >= 0.3 is 0 Å². The molecule has 1 fully saturated rings. The molecule has 1 saturated carbocycles. The van der Waals surface area contributed by atoms with Gasteiger partial charge in [-0.05, 0) is 37.5 Å². The summed E-state index contributed by atoms with van der Waals surface area (Å²) in [4.78, 5) is 0. The van der Waals surface area contributed by atoms with E-state index in [4.69, 9.17) is 21.1 Å². The van der Waals surface area contributed by atoms with Crippen molar-refractivity contribution < 1.29 is 9.47 Å². The highest BCUT2D eigenvalue weighted by Gasteiger charge is 2.25. The van der Waals surface area contributed by atoms with Gasteiger partial charge in [-0.15, -0.1) is 0 Å². The van der Waals surface area contributed by atoms with Crippen molar-refractivity contribution in [1.82, 2.24) is 0 Å². The van der Waals surface area contributed by atoms with Gasteiger partial charge in [0, 0.05) is 12.1 Å². The molecule has 1 aromatic rings. The number of rotatable bonds is 6. The number of hydrogen-bond acceptors (Lipinski definition) is 3. The van der Waals surface area contributed by atoms with Gasteiger partial charge in [0.15, 0.2) is 0 Å². The molecule has 2 atom stereocenters. The fourth-order valence-electron chi connectivity index (χ4n) is 2.70. The highest BCUT2D eigenvalue weighted by atomic mass is 35.5. The molecule has 0 aliphatic heterocycles. The molecule has 1 aliphatic carbocycles. The molecule has 0 amide bonds. The molecule has 20 heavy (non-hydrogen) atoms. The summed E-state index contributed by atoms with van der Waals surface area (Å²) in [5.74, 6) is 0.872. The molecule has 3 nitrogen and oxygen atoms in total. The van der Waals surface area contributed by atoms with Crippen LogP contribution in [0.15, 0.2) is 18.2 Å². The first kappa shape index (κ1) is 15.5. The predicted octanol–water partition coefficient (Wildman–Crippen LogP) is 4.50. The lowest BCUT2D eigenvalue weighted by atomic mass is 9.92. The molecule has 0 radical (unpaired) electrons. The number of halogens is 1. The van der Waals surface area contributed by atoms with Crippen LogP contribution in [-0.2, 0) is 4.74 Å². The maximum Gasteiger partial charge on any atom is 0.142 e. The number of hydrogen-bond donors (Lipinski definition) is 1. The van der Waals surface area contributed by atoms with Crippen molar-refractivity contribution in [3.63, 3.8) is 0 Å². The molecule has 0 aromatic heterocycles. The Morgan fingerprint density at radius 3 is 2.85 bits per heavy atom. The summed E-state index contributed by atoms with van der Waals surface area (Å²) in [6.07, 6.45) is 5.97. The van der Waals surface area contributed by atoms with E-state index in [1.54, 1.807) is 7.11 Å². The molecule has 0 heterocycles. The summed E-state index contributed by atoms with van der Waals surface area (Å²) in [5, 5.41) is 4.29. The third-order valence-corrected chi connectivity index (χ3v) is 3.98. The van der Waals surface area contributed by atoms with Crippen LogP contribution in [0.5, 0.6) is 5.75 Å². The zero-order valence-electron chi connectivity index (χ0n) is 12.3. The second-order valence-corrected chi connectivity index (χ2v) is 5.73. The van der Waals surface area contributed by atoms with Crippen LogP contribution in [0.4, 0.5) is 5.69 Å².